The highest BCUT2D eigenvalue weighted by molar-refractivity contribution is 7.90. The van der Waals surface area contributed by atoms with E-state index in [-0.39, 0.29) is 18.7 Å². The standard InChI is InChI=1S/C9H14N4O5S/c1-19(17,18)5-2-7(9(15)16)11-8(14)6-13-4-3-10-12-13/h3-4,7H,2,5-6H2,1H3,(H,11,14)(H,15,16). The van der Waals surface area contributed by atoms with Gasteiger partial charge in [-0.25, -0.2) is 17.9 Å². The summed E-state index contributed by atoms with van der Waals surface area (Å²) in [5.74, 6) is -2.17. The third-order valence-corrected chi connectivity index (χ3v) is 3.17. The van der Waals surface area contributed by atoms with E-state index >= 15 is 0 Å². The molecule has 0 saturated heterocycles. The molecule has 1 aromatic heterocycles. The first-order chi connectivity index (χ1) is 8.78. The van der Waals surface area contributed by atoms with E-state index < -0.39 is 27.8 Å². The van der Waals surface area contributed by atoms with Gasteiger partial charge in [-0.2, -0.15) is 0 Å². The molecule has 0 fully saturated rings. The van der Waals surface area contributed by atoms with E-state index in [1.165, 1.54) is 17.1 Å². The number of hydrogen-bond acceptors (Lipinski definition) is 6. The molecule has 0 aliphatic heterocycles. The van der Waals surface area contributed by atoms with Gasteiger partial charge in [-0.05, 0) is 6.42 Å². The first-order valence-electron chi connectivity index (χ1n) is 5.32. The van der Waals surface area contributed by atoms with Gasteiger partial charge in [0.25, 0.3) is 0 Å². The van der Waals surface area contributed by atoms with Gasteiger partial charge < -0.3 is 10.4 Å². The average Bonchev–Trinajstić information content (AvgIpc) is 2.75. The molecule has 0 aliphatic rings. The summed E-state index contributed by atoms with van der Waals surface area (Å²) in [6.07, 6.45) is 3.65. The third-order valence-electron chi connectivity index (χ3n) is 2.19. The van der Waals surface area contributed by atoms with E-state index in [1.807, 2.05) is 0 Å². The fourth-order valence-electron chi connectivity index (χ4n) is 1.29. The highest BCUT2D eigenvalue weighted by Crippen LogP contribution is 1.97. The molecule has 2 N–H and O–H groups in total. The van der Waals surface area contributed by atoms with E-state index in [1.54, 1.807) is 0 Å². The molecule has 0 spiro atoms. The Bertz CT molecular complexity index is 539. The van der Waals surface area contributed by atoms with Crippen LogP contribution in [0.5, 0.6) is 0 Å². The Balaban J connectivity index is 2.53. The normalized spacial score (nSPS) is 12.9. The summed E-state index contributed by atoms with van der Waals surface area (Å²) in [5, 5.41) is 18.2. The summed E-state index contributed by atoms with van der Waals surface area (Å²) in [5.41, 5.74) is 0. The van der Waals surface area contributed by atoms with Crippen LogP contribution in [0.4, 0.5) is 0 Å². The van der Waals surface area contributed by atoms with Crippen LogP contribution in [0.2, 0.25) is 0 Å². The summed E-state index contributed by atoms with van der Waals surface area (Å²) in [6, 6.07) is -1.24. The Kier molecular flexibility index (Phi) is 4.98. The molecule has 1 unspecified atom stereocenters. The van der Waals surface area contributed by atoms with Gasteiger partial charge in [0.15, 0.2) is 0 Å². The lowest BCUT2D eigenvalue weighted by Crippen LogP contribution is -2.43. The second kappa shape index (κ2) is 6.27. The maximum atomic E-state index is 11.5. The minimum Gasteiger partial charge on any atom is -0.480 e. The van der Waals surface area contributed by atoms with Crippen molar-refractivity contribution in [2.75, 3.05) is 12.0 Å². The zero-order chi connectivity index (χ0) is 14.5. The zero-order valence-corrected chi connectivity index (χ0v) is 11.0. The Morgan fingerprint density at radius 1 is 1.47 bits per heavy atom. The second-order valence-electron chi connectivity index (χ2n) is 3.98. The Morgan fingerprint density at radius 2 is 2.16 bits per heavy atom. The van der Waals surface area contributed by atoms with Crippen molar-refractivity contribution in [2.45, 2.75) is 19.0 Å². The van der Waals surface area contributed by atoms with Crippen LogP contribution in [-0.2, 0) is 26.0 Å². The predicted molar refractivity (Wildman–Crippen MR) is 63.9 cm³/mol. The molecule has 1 heterocycles. The van der Waals surface area contributed by atoms with Gasteiger partial charge in [0.05, 0.1) is 11.9 Å². The topological polar surface area (TPSA) is 131 Å². The lowest BCUT2D eigenvalue weighted by molar-refractivity contribution is -0.142. The predicted octanol–water partition coefficient (Wildman–Crippen LogP) is -1.72. The van der Waals surface area contributed by atoms with E-state index in [4.69, 9.17) is 5.11 Å². The van der Waals surface area contributed by atoms with Crippen LogP contribution in [0.15, 0.2) is 12.4 Å². The number of carboxylic acid groups (broad SMARTS) is 1. The molecule has 1 atom stereocenters. The van der Waals surface area contributed by atoms with Crippen LogP contribution in [0.25, 0.3) is 0 Å². The van der Waals surface area contributed by atoms with Gasteiger partial charge in [-0.15, -0.1) is 5.10 Å². The number of carbonyl (C=O) groups is 2. The molecule has 10 heteroatoms. The number of amides is 1. The Hall–Kier alpha value is -1.97. The molecular weight excluding hydrogens is 276 g/mol. The molecule has 106 valence electrons. The molecule has 19 heavy (non-hydrogen) atoms. The van der Waals surface area contributed by atoms with Crippen molar-refractivity contribution in [3.8, 4) is 0 Å². The summed E-state index contributed by atoms with van der Waals surface area (Å²) >= 11 is 0. The molecule has 0 aliphatic carbocycles. The molecule has 1 rings (SSSR count). The number of aliphatic carboxylic acids is 1. The van der Waals surface area contributed by atoms with Crippen LogP contribution >= 0.6 is 0 Å². The van der Waals surface area contributed by atoms with Crippen molar-refractivity contribution < 1.29 is 23.1 Å². The smallest absolute Gasteiger partial charge is 0.326 e. The van der Waals surface area contributed by atoms with Gasteiger partial charge in [0, 0.05) is 12.5 Å². The van der Waals surface area contributed by atoms with E-state index in [9.17, 15) is 18.0 Å². The Labute approximate surface area is 109 Å². The molecule has 0 bridgehead atoms. The van der Waals surface area contributed by atoms with Gasteiger partial charge in [0.1, 0.15) is 22.4 Å². The fraction of sp³-hybridized carbons (Fsp3) is 0.556. The van der Waals surface area contributed by atoms with Crippen molar-refractivity contribution in [3.05, 3.63) is 12.4 Å². The minimum atomic E-state index is -3.28. The lowest BCUT2D eigenvalue weighted by Gasteiger charge is -2.13. The highest BCUT2D eigenvalue weighted by Gasteiger charge is 2.21. The molecular formula is C9H14N4O5S. The van der Waals surface area contributed by atoms with Gasteiger partial charge in [-0.1, -0.05) is 5.21 Å². The second-order valence-corrected chi connectivity index (χ2v) is 6.24. The summed E-state index contributed by atoms with van der Waals surface area (Å²) in [6.45, 7) is -0.178. The number of hydrogen-bond donors (Lipinski definition) is 2. The van der Waals surface area contributed by atoms with E-state index in [2.05, 4.69) is 15.6 Å². The van der Waals surface area contributed by atoms with Gasteiger partial charge in [0.2, 0.25) is 5.91 Å². The lowest BCUT2D eigenvalue weighted by atomic mass is 10.2. The molecule has 0 radical (unpaired) electrons. The molecule has 1 amide bonds. The maximum absolute atomic E-state index is 11.5. The van der Waals surface area contributed by atoms with Crippen LogP contribution in [0.1, 0.15) is 6.42 Å². The van der Waals surface area contributed by atoms with Crippen molar-refractivity contribution in [2.24, 2.45) is 0 Å². The van der Waals surface area contributed by atoms with Gasteiger partial charge >= 0.3 is 5.97 Å². The van der Waals surface area contributed by atoms with Crippen LogP contribution in [-0.4, -0.2) is 58.4 Å². The first-order valence-corrected chi connectivity index (χ1v) is 7.38. The largest absolute Gasteiger partial charge is 0.480 e. The average molecular weight is 290 g/mol. The van der Waals surface area contributed by atoms with Crippen molar-refractivity contribution in [1.29, 1.82) is 0 Å². The van der Waals surface area contributed by atoms with Crippen molar-refractivity contribution in [1.82, 2.24) is 20.3 Å². The molecule has 0 saturated carbocycles. The number of sulfone groups is 1. The zero-order valence-electron chi connectivity index (χ0n) is 10.2. The van der Waals surface area contributed by atoms with Crippen LogP contribution < -0.4 is 5.32 Å². The number of rotatable bonds is 7. The van der Waals surface area contributed by atoms with E-state index in [0.717, 1.165) is 6.26 Å². The molecule has 9 nitrogen and oxygen atoms in total. The Morgan fingerprint density at radius 3 is 2.63 bits per heavy atom. The maximum Gasteiger partial charge on any atom is 0.326 e. The summed E-state index contributed by atoms with van der Waals surface area (Å²) < 4.78 is 23.2. The first kappa shape index (κ1) is 15.1. The number of carboxylic acids is 1. The number of aromatic nitrogens is 3. The quantitative estimate of drug-likeness (QED) is 0.610. The number of nitrogens with one attached hydrogen (secondary N) is 1. The van der Waals surface area contributed by atoms with Crippen molar-refractivity contribution in [3.63, 3.8) is 0 Å². The van der Waals surface area contributed by atoms with E-state index in [0.29, 0.717) is 0 Å². The van der Waals surface area contributed by atoms with Crippen LogP contribution in [0.3, 0.4) is 0 Å². The minimum absolute atomic E-state index is 0.178. The molecule has 1 aromatic rings. The monoisotopic (exact) mass is 290 g/mol. The van der Waals surface area contributed by atoms with Gasteiger partial charge in [-0.3, -0.25) is 4.79 Å². The fourth-order valence-corrected chi connectivity index (χ4v) is 1.96. The number of carbonyl (C=O) groups excluding carboxylic acids is 1. The van der Waals surface area contributed by atoms with Crippen molar-refractivity contribution >= 4 is 21.7 Å². The highest BCUT2D eigenvalue weighted by atomic mass is 32.2. The number of nitrogens with zero attached hydrogens (tertiary/aromatic N) is 3. The third kappa shape index (κ3) is 5.95. The summed E-state index contributed by atoms with van der Waals surface area (Å²) in [7, 11) is -3.28. The SMILES string of the molecule is CS(=O)(=O)CCC(NC(=O)Cn1ccnn1)C(=O)O. The molecule has 0 aromatic carbocycles. The summed E-state index contributed by atoms with van der Waals surface area (Å²) in [4.78, 5) is 22.4. The van der Waals surface area contributed by atoms with Crippen LogP contribution in [0, 0.1) is 0 Å².